The predicted octanol–water partition coefficient (Wildman–Crippen LogP) is 0.439. The lowest BCUT2D eigenvalue weighted by Gasteiger charge is -2.28. The Hall–Kier alpha value is -1.66. The first kappa shape index (κ1) is 13.8. The quantitative estimate of drug-likeness (QED) is 0.542. The number of pyridine rings is 1. The SMILES string of the molecule is CN1CCC(CNC(=O)c2cccc(NN)n2)CC1. The van der Waals surface area contributed by atoms with Crippen molar-refractivity contribution in [3.8, 4) is 0 Å². The third-order valence-corrected chi connectivity index (χ3v) is 3.52. The number of hydrazine groups is 1. The van der Waals surface area contributed by atoms with Gasteiger partial charge in [-0.1, -0.05) is 6.07 Å². The van der Waals surface area contributed by atoms with Crippen LogP contribution < -0.4 is 16.6 Å². The van der Waals surface area contributed by atoms with E-state index in [9.17, 15) is 4.79 Å². The van der Waals surface area contributed by atoms with E-state index in [1.807, 2.05) is 0 Å². The van der Waals surface area contributed by atoms with Gasteiger partial charge in [0.05, 0.1) is 0 Å². The number of hydrogen-bond donors (Lipinski definition) is 3. The van der Waals surface area contributed by atoms with E-state index in [0.29, 0.717) is 24.0 Å². The van der Waals surface area contributed by atoms with Crippen molar-refractivity contribution in [2.75, 3.05) is 32.1 Å². The van der Waals surface area contributed by atoms with Crippen LogP contribution in [0.3, 0.4) is 0 Å². The van der Waals surface area contributed by atoms with E-state index in [0.717, 1.165) is 25.9 Å². The van der Waals surface area contributed by atoms with Crippen molar-refractivity contribution < 1.29 is 4.79 Å². The van der Waals surface area contributed by atoms with E-state index in [1.165, 1.54) is 0 Å². The molecule has 0 saturated carbocycles. The molecule has 0 spiro atoms. The lowest BCUT2D eigenvalue weighted by Crippen LogP contribution is -2.37. The van der Waals surface area contributed by atoms with Crippen LogP contribution in [0, 0.1) is 5.92 Å². The minimum Gasteiger partial charge on any atom is -0.350 e. The molecule has 6 nitrogen and oxygen atoms in total. The maximum atomic E-state index is 12.0. The Morgan fingerprint density at radius 3 is 2.89 bits per heavy atom. The molecule has 0 aromatic carbocycles. The van der Waals surface area contributed by atoms with E-state index in [2.05, 4.69) is 27.7 Å². The summed E-state index contributed by atoms with van der Waals surface area (Å²) in [6.07, 6.45) is 2.27. The fraction of sp³-hybridized carbons (Fsp3) is 0.538. The number of nitrogens with two attached hydrogens (primary N) is 1. The second-order valence-electron chi connectivity index (χ2n) is 5.01. The van der Waals surface area contributed by atoms with E-state index < -0.39 is 0 Å². The number of aromatic nitrogens is 1. The van der Waals surface area contributed by atoms with Crippen molar-refractivity contribution >= 4 is 11.7 Å². The zero-order valence-corrected chi connectivity index (χ0v) is 11.2. The Labute approximate surface area is 113 Å². The summed E-state index contributed by atoms with van der Waals surface area (Å²) in [6, 6.07) is 5.16. The second-order valence-corrected chi connectivity index (χ2v) is 5.01. The van der Waals surface area contributed by atoms with Crippen LogP contribution in [0.1, 0.15) is 23.3 Å². The molecule has 1 aliphatic heterocycles. The normalized spacial score (nSPS) is 17.2. The molecule has 0 atom stereocenters. The van der Waals surface area contributed by atoms with Gasteiger partial charge in [-0.2, -0.15) is 0 Å². The number of piperidine rings is 1. The Kier molecular flexibility index (Phi) is 4.70. The summed E-state index contributed by atoms with van der Waals surface area (Å²) in [5, 5.41) is 2.95. The van der Waals surface area contributed by atoms with Crippen molar-refractivity contribution in [3.63, 3.8) is 0 Å². The van der Waals surface area contributed by atoms with Gasteiger partial charge < -0.3 is 15.6 Å². The van der Waals surface area contributed by atoms with Gasteiger partial charge in [0.15, 0.2) is 0 Å². The van der Waals surface area contributed by atoms with Gasteiger partial charge in [0.25, 0.3) is 5.91 Å². The van der Waals surface area contributed by atoms with Crippen molar-refractivity contribution in [1.29, 1.82) is 0 Å². The summed E-state index contributed by atoms with van der Waals surface area (Å²) in [6.45, 7) is 2.92. The summed E-state index contributed by atoms with van der Waals surface area (Å²) < 4.78 is 0. The van der Waals surface area contributed by atoms with Crippen LogP contribution in [-0.2, 0) is 0 Å². The minimum absolute atomic E-state index is 0.143. The van der Waals surface area contributed by atoms with Gasteiger partial charge in [0.1, 0.15) is 11.5 Å². The summed E-state index contributed by atoms with van der Waals surface area (Å²) in [7, 11) is 2.13. The molecule has 1 fully saturated rings. The molecule has 2 rings (SSSR count). The highest BCUT2D eigenvalue weighted by Gasteiger charge is 2.17. The largest absolute Gasteiger partial charge is 0.350 e. The van der Waals surface area contributed by atoms with Crippen molar-refractivity contribution in [1.82, 2.24) is 15.2 Å². The first-order valence-corrected chi connectivity index (χ1v) is 6.59. The third-order valence-electron chi connectivity index (χ3n) is 3.52. The number of nitrogens with one attached hydrogen (secondary N) is 2. The number of nitrogen functional groups attached to an aromatic ring is 1. The Bertz CT molecular complexity index is 429. The number of amides is 1. The average molecular weight is 263 g/mol. The molecular weight excluding hydrogens is 242 g/mol. The molecule has 1 aromatic rings. The Morgan fingerprint density at radius 2 is 2.21 bits per heavy atom. The van der Waals surface area contributed by atoms with Crippen LogP contribution in [0.15, 0.2) is 18.2 Å². The standard InChI is InChI=1S/C13H21N5O/c1-18-7-5-10(6-8-18)9-15-13(19)11-3-2-4-12(16-11)17-14/h2-4,10H,5-9,14H2,1H3,(H,15,19)(H,16,17). The van der Waals surface area contributed by atoms with Gasteiger partial charge in [-0.15, -0.1) is 0 Å². The number of likely N-dealkylation sites (tertiary alicyclic amines) is 1. The van der Waals surface area contributed by atoms with Crippen molar-refractivity contribution in [2.24, 2.45) is 11.8 Å². The molecular formula is C13H21N5O. The maximum Gasteiger partial charge on any atom is 0.269 e. The van der Waals surface area contributed by atoms with E-state index in [-0.39, 0.29) is 5.91 Å². The lowest BCUT2D eigenvalue weighted by molar-refractivity contribution is 0.0934. The van der Waals surface area contributed by atoms with Crippen LogP contribution in [0.5, 0.6) is 0 Å². The summed E-state index contributed by atoms with van der Waals surface area (Å²) >= 11 is 0. The summed E-state index contributed by atoms with van der Waals surface area (Å²) in [4.78, 5) is 18.4. The smallest absolute Gasteiger partial charge is 0.269 e. The molecule has 0 bridgehead atoms. The molecule has 0 unspecified atom stereocenters. The number of carbonyl (C=O) groups excluding carboxylic acids is 1. The molecule has 1 aliphatic rings. The number of anilines is 1. The highest BCUT2D eigenvalue weighted by molar-refractivity contribution is 5.92. The van der Waals surface area contributed by atoms with Gasteiger partial charge in [0.2, 0.25) is 0 Å². The van der Waals surface area contributed by atoms with E-state index >= 15 is 0 Å². The highest BCUT2D eigenvalue weighted by Crippen LogP contribution is 2.14. The predicted molar refractivity (Wildman–Crippen MR) is 74.6 cm³/mol. The van der Waals surface area contributed by atoms with Gasteiger partial charge in [0, 0.05) is 6.54 Å². The molecule has 0 aliphatic carbocycles. The van der Waals surface area contributed by atoms with Crippen LogP contribution in [0.2, 0.25) is 0 Å². The Balaban J connectivity index is 1.83. The molecule has 1 aromatic heterocycles. The van der Waals surface area contributed by atoms with Gasteiger partial charge in [-0.05, 0) is 51.0 Å². The fourth-order valence-corrected chi connectivity index (χ4v) is 2.24. The van der Waals surface area contributed by atoms with Gasteiger partial charge in [-0.3, -0.25) is 4.79 Å². The summed E-state index contributed by atoms with van der Waals surface area (Å²) in [5.41, 5.74) is 2.83. The summed E-state index contributed by atoms with van der Waals surface area (Å²) in [5.74, 6) is 6.19. The highest BCUT2D eigenvalue weighted by atomic mass is 16.1. The van der Waals surface area contributed by atoms with Gasteiger partial charge in [-0.25, -0.2) is 10.8 Å². The number of carbonyl (C=O) groups is 1. The zero-order valence-electron chi connectivity index (χ0n) is 11.2. The van der Waals surface area contributed by atoms with E-state index in [1.54, 1.807) is 18.2 Å². The van der Waals surface area contributed by atoms with Gasteiger partial charge >= 0.3 is 0 Å². The van der Waals surface area contributed by atoms with Crippen molar-refractivity contribution in [3.05, 3.63) is 23.9 Å². The topological polar surface area (TPSA) is 83.3 Å². The maximum absolute atomic E-state index is 12.0. The molecule has 104 valence electrons. The minimum atomic E-state index is -0.143. The molecule has 2 heterocycles. The number of hydrogen-bond acceptors (Lipinski definition) is 5. The van der Waals surface area contributed by atoms with E-state index in [4.69, 9.17) is 5.84 Å². The second kappa shape index (κ2) is 6.49. The zero-order chi connectivity index (χ0) is 13.7. The van der Waals surface area contributed by atoms with Crippen LogP contribution in [0.25, 0.3) is 0 Å². The molecule has 0 radical (unpaired) electrons. The number of nitrogens with zero attached hydrogens (tertiary/aromatic N) is 2. The van der Waals surface area contributed by atoms with Crippen LogP contribution in [-0.4, -0.2) is 42.5 Å². The molecule has 19 heavy (non-hydrogen) atoms. The van der Waals surface area contributed by atoms with Crippen molar-refractivity contribution in [2.45, 2.75) is 12.8 Å². The Morgan fingerprint density at radius 1 is 1.47 bits per heavy atom. The van der Waals surface area contributed by atoms with Crippen LogP contribution in [0.4, 0.5) is 5.82 Å². The third kappa shape index (κ3) is 3.90. The average Bonchev–Trinajstić information content (AvgIpc) is 2.46. The first-order chi connectivity index (χ1) is 9.19. The molecule has 6 heteroatoms. The molecule has 1 saturated heterocycles. The number of rotatable bonds is 4. The lowest BCUT2D eigenvalue weighted by atomic mass is 9.97. The molecule has 4 N–H and O–H groups in total. The fourth-order valence-electron chi connectivity index (χ4n) is 2.24. The molecule has 1 amide bonds. The monoisotopic (exact) mass is 263 g/mol. The first-order valence-electron chi connectivity index (χ1n) is 6.59. The van der Waals surface area contributed by atoms with Crippen LogP contribution >= 0.6 is 0 Å².